The van der Waals surface area contributed by atoms with Gasteiger partial charge in [0, 0.05) is 47.3 Å². The molecule has 2 aliphatic heterocycles. The third-order valence-corrected chi connectivity index (χ3v) is 7.22. The first-order valence-corrected chi connectivity index (χ1v) is 11.5. The molecule has 156 valence electrons. The minimum atomic E-state index is 0.173. The minimum absolute atomic E-state index is 0.173. The number of aryl methyl sites for hydroxylation is 1. The monoisotopic (exact) mass is 425 g/mol. The summed E-state index contributed by atoms with van der Waals surface area (Å²) in [5.41, 5.74) is 11.6. The van der Waals surface area contributed by atoms with Gasteiger partial charge in [0.1, 0.15) is 0 Å². The number of pyridine rings is 3. The van der Waals surface area contributed by atoms with Gasteiger partial charge in [-0.2, -0.15) is 9.13 Å². The second-order valence-electron chi connectivity index (χ2n) is 8.96. The molecule has 0 aliphatic carbocycles. The zero-order chi connectivity index (χ0) is 21.9. The van der Waals surface area contributed by atoms with Gasteiger partial charge in [-0.25, -0.2) is 0 Å². The van der Waals surface area contributed by atoms with Crippen molar-refractivity contribution in [1.29, 1.82) is 0 Å². The molecule has 0 amide bonds. The molecule has 0 N–H and O–H groups in total. The molecule has 2 aliphatic rings. The van der Waals surface area contributed by atoms with Crippen LogP contribution in [0.5, 0.6) is 0 Å². The van der Waals surface area contributed by atoms with Crippen molar-refractivity contribution in [2.45, 2.75) is 19.0 Å². The number of benzene rings is 2. The Labute approximate surface area is 193 Å². The van der Waals surface area contributed by atoms with Crippen LogP contribution in [0.2, 0.25) is 0 Å². The van der Waals surface area contributed by atoms with Gasteiger partial charge in [0.15, 0.2) is 12.4 Å². The summed E-state index contributed by atoms with van der Waals surface area (Å²) in [6, 6.07) is 31.3. The summed E-state index contributed by atoms with van der Waals surface area (Å²) in [4.78, 5) is 4.23. The molecule has 0 radical (unpaired) electrons. The van der Waals surface area contributed by atoms with Crippen molar-refractivity contribution in [2.24, 2.45) is 0 Å². The van der Waals surface area contributed by atoms with Gasteiger partial charge in [0.2, 0.25) is 23.5 Å². The van der Waals surface area contributed by atoms with Gasteiger partial charge in [-0.3, -0.25) is 4.98 Å². The van der Waals surface area contributed by atoms with Gasteiger partial charge in [-0.15, -0.1) is 0 Å². The zero-order valence-electron chi connectivity index (χ0n) is 18.4. The fraction of sp³-hybridized carbons (Fsp3) is 0.100. The Hall–Kier alpha value is -4.11. The van der Waals surface area contributed by atoms with Crippen LogP contribution in [-0.4, -0.2) is 4.98 Å². The van der Waals surface area contributed by atoms with Crippen LogP contribution >= 0.6 is 0 Å². The normalized spacial score (nSPS) is 17.2. The SMILES string of the molecule is Cc1cc2[n+](cc1-c1ccncc1)C1c3ccccc3-c3cccc[n+]3C1c1ccccc1-2. The molecule has 2 unspecified atom stereocenters. The van der Waals surface area contributed by atoms with Gasteiger partial charge in [-0.1, -0.05) is 36.4 Å². The van der Waals surface area contributed by atoms with E-state index in [9.17, 15) is 0 Å². The van der Waals surface area contributed by atoms with Crippen molar-refractivity contribution in [1.82, 2.24) is 4.98 Å². The maximum atomic E-state index is 4.23. The Morgan fingerprint density at radius 3 is 2.03 bits per heavy atom. The van der Waals surface area contributed by atoms with Crippen molar-refractivity contribution in [2.75, 3.05) is 0 Å². The van der Waals surface area contributed by atoms with Gasteiger partial charge in [0.25, 0.3) is 0 Å². The summed E-state index contributed by atoms with van der Waals surface area (Å²) in [5, 5.41) is 0. The Morgan fingerprint density at radius 1 is 0.636 bits per heavy atom. The highest BCUT2D eigenvalue weighted by atomic mass is 15.1. The topological polar surface area (TPSA) is 20.6 Å². The summed E-state index contributed by atoms with van der Waals surface area (Å²) in [7, 11) is 0. The molecule has 0 fully saturated rings. The molecule has 33 heavy (non-hydrogen) atoms. The zero-order valence-corrected chi connectivity index (χ0v) is 18.4. The standard InChI is InChI=1S/C30H23N3/c1-20-18-28-23-9-3-5-11-25(23)29-30(33(28)19-26(20)21-13-15-31-16-14-21)24-10-4-2-8-22(24)27-12-6-7-17-32(27)29/h2-19,29-30H,1H3/q+2. The van der Waals surface area contributed by atoms with Crippen LogP contribution in [0.3, 0.4) is 0 Å². The summed E-state index contributed by atoms with van der Waals surface area (Å²) >= 11 is 0. The van der Waals surface area contributed by atoms with Crippen molar-refractivity contribution < 1.29 is 9.13 Å². The Bertz CT molecular complexity index is 1540. The molecule has 0 saturated carbocycles. The molecule has 7 rings (SSSR count). The van der Waals surface area contributed by atoms with E-state index in [0.717, 1.165) is 0 Å². The van der Waals surface area contributed by atoms with E-state index >= 15 is 0 Å². The van der Waals surface area contributed by atoms with E-state index < -0.39 is 0 Å². The number of nitrogens with zero attached hydrogens (tertiary/aromatic N) is 3. The van der Waals surface area contributed by atoms with Crippen LogP contribution in [0.1, 0.15) is 28.8 Å². The predicted molar refractivity (Wildman–Crippen MR) is 128 cm³/mol. The molecule has 2 atom stereocenters. The Balaban J connectivity index is 1.59. The van der Waals surface area contributed by atoms with Gasteiger partial charge < -0.3 is 0 Å². The van der Waals surface area contributed by atoms with E-state index in [1.54, 1.807) is 0 Å². The molecule has 0 spiro atoms. The smallest absolute Gasteiger partial charge is 0.250 e. The third kappa shape index (κ3) is 2.59. The van der Waals surface area contributed by atoms with Gasteiger partial charge in [-0.05, 0) is 48.4 Å². The maximum absolute atomic E-state index is 4.23. The van der Waals surface area contributed by atoms with Gasteiger partial charge >= 0.3 is 0 Å². The lowest BCUT2D eigenvalue weighted by Gasteiger charge is -2.32. The number of rotatable bonds is 1. The molecule has 0 saturated heterocycles. The number of hydrogen-bond acceptors (Lipinski definition) is 1. The molecule has 3 nitrogen and oxygen atoms in total. The van der Waals surface area contributed by atoms with E-state index in [-0.39, 0.29) is 12.1 Å². The molecule has 3 heteroatoms. The van der Waals surface area contributed by atoms with Gasteiger partial charge in [0.05, 0.1) is 11.1 Å². The molecular weight excluding hydrogens is 402 g/mol. The van der Waals surface area contributed by atoms with Crippen LogP contribution < -0.4 is 9.13 Å². The average molecular weight is 426 g/mol. The van der Waals surface area contributed by atoms with Crippen molar-refractivity contribution in [3.05, 3.63) is 126 Å². The molecular formula is C30H23N3+2. The predicted octanol–water partition coefficient (Wildman–Crippen LogP) is 5.47. The quantitative estimate of drug-likeness (QED) is 0.326. The fourth-order valence-electron chi connectivity index (χ4n) is 5.80. The highest BCUT2D eigenvalue weighted by Gasteiger charge is 2.52. The second kappa shape index (κ2) is 6.94. The molecule has 2 aromatic carbocycles. The second-order valence-corrected chi connectivity index (χ2v) is 8.96. The lowest BCUT2D eigenvalue weighted by Crippen LogP contribution is -2.59. The Morgan fingerprint density at radius 2 is 1.27 bits per heavy atom. The summed E-state index contributed by atoms with van der Waals surface area (Å²) in [5.74, 6) is 0. The van der Waals surface area contributed by atoms with Crippen molar-refractivity contribution in [3.63, 3.8) is 0 Å². The van der Waals surface area contributed by atoms with Crippen molar-refractivity contribution >= 4 is 0 Å². The largest absolute Gasteiger partial charge is 0.265 e. The molecule has 5 aromatic rings. The first kappa shape index (κ1) is 18.5. The van der Waals surface area contributed by atoms with E-state index in [2.05, 4.69) is 118 Å². The van der Waals surface area contributed by atoms with E-state index in [0.29, 0.717) is 0 Å². The van der Waals surface area contributed by atoms with Crippen LogP contribution in [0.4, 0.5) is 0 Å². The molecule has 3 aromatic heterocycles. The van der Waals surface area contributed by atoms with Crippen LogP contribution in [0, 0.1) is 6.92 Å². The molecule has 0 bridgehead atoms. The summed E-state index contributed by atoms with van der Waals surface area (Å²) in [6.07, 6.45) is 8.35. The lowest BCUT2D eigenvalue weighted by atomic mass is 9.79. The maximum Gasteiger partial charge on any atom is 0.250 e. The lowest BCUT2D eigenvalue weighted by molar-refractivity contribution is -0.799. The number of fused-ring (bicyclic) bond motifs is 11. The average Bonchev–Trinajstić information content (AvgIpc) is 2.88. The van der Waals surface area contributed by atoms with E-state index in [1.165, 1.54) is 50.3 Å². The number of aromatic nitrogens is 3. The highest BCUT2D eigenvalue weighted by Crippen LogP contribution is 2.45. The highest BCUT2D eigenvalue weighted by molar-refractivity contribution is 5.72. The van der Waals surface area contributed by atoms with E-state index in [4.69, 9.17) is 0 Å². The van der Waals surface area contributed by atoms with Crippen LogP contribution in [-0.2, 0) is 0 Å². The molecule has 5 heterocycles. The van der Waals surface area contributed by atoms with Crippen LogP contribution in [0.25, 0.3) is 33.6 Å². The Kier molecular flexibility index (Phi) is 3.88. The van der Waals surface area contributed by atoms with Crippen LogP contribution in [0.15, 0.2) is 110 Å². The van der Waals surface area contributed by atoms with E-state index in [1.807, 2.05) is 12.4 Å². The first-order valence-electron chi connectivity index (χ1n) is 11.5. The fourth-order valence-corrected chi connectivity index (χ4v) is 5.80. The first-order chi connectivity index (χ1) is 16.3. The summed E-state index contributed by atoms with van der Waals surface area (Å²) in [6.45, 7) is 2.21. The minimum Gasteiger partial charge on any atom is -0.265 e. The summed E-state index contributed by atoms with van der Waals surface area (Å²) < 4.78 is 4.98. The number of hydrogen-bond donors (Lipinski definition) is 0. The van der Waals surface area contributed by atoms with Crippen molar-refractivity contribution in [3.8, 4) is 33.6 Å². The third-order valence-electron chi connectivity index (χ3n) is 7.22.